The molecule has 15 heteroatoms. The Bertz CT molecular complexity index is 1720. The highest BCUT2D eigenvalue weighted by atomic mass is 79.9. The Hall–Kier alpha value is -3.82. The number of carbonyl (C=O) groups is 1. The minimum Gasteiger partial charge on any atom is -0.457 e. The van der Waals surface area contributed by atoms with Gasteiger partial charge >= 0.3 is 6.18 Å². The van der Waals surface area contributed by atoms with Crippen LogP contribution in [0.4, 0.5) is 24.5 Å². The Labute approximate surface area is 237 Å². The van der Waals surface area contributed by atoms with Gasteiger partial charge in [0.1, 0.15) is 11.5 Å². The smallest absolute Gasteiger partial charge is 0.433 e. The standard InChI is InChI=1S/C24H12Br2F3N5O4S/c25-12-3-5-15(6-4-12)38-16-9-13(8-14(10-16)34(36)37)30-23(35)21-20(26)22-31-17(18-2-1-7-39-18)11-19(24(27,28)29)33(22)32-21/h1-11H,(H,30,35). The summed E-state index contributed by atoms with van der Waals surface area (Å²) in [7, 11) is 0. The number of aromatic nitrogens is 3. The Morgan fingerprint density at radius 2 is 1.82 bits per heavy atom. The van der Waals surface area contributed by atoms with Gasteiger partial charge in [0.15, 0.2) is 17.0 Å². The zero-order valence-corrected chi connectivity index (χ0v) is 23.1. The first-order valence-electron chi connectivity index (χ1n) is 10.7. The lowest BCUT2D eigenvalue weighted by Crippen LogP contribution is -2.16. The Morgan fingerprint density at radius 3 is 2.46 bits per heavy atom. The molecule has 0 aliphatic carbocycles. The minimum absolute atomic E-state index is 0.0338. The van der Waals surface area contributed by atoms with Crippen molar-refractivity contribution in [3.05, 3.63) is 96.5 Å². The number of alkyl halides is 3. The van der Waals surface area contributed by atoms with Crippen LogP contribution < -0.4 is 10.1 Å². The van der Waals surface area contributed by atoms with Gasteiger partial charge < -0.3 is 10.1 Å². The van der Waals surface area contributed by atoms with E-state index in [1.54, 1.807) is 41.8 Å². The molecule has 1 amide bonds. The molecule has 0 fully saturated rings. The molecule has 3 aromatic heterocycles. The Balaban J connectivity index is 1.52. The maximum Gasteiger partial charge on any atom is 0.433 e. The molecule has 39 heavy (non-hydrogen) atoms. The molecule has 198 valence electrons. The van der Waals surface area contributed by atoms with Gasteiger partial charge in [0.2, 0.25) is 0 Å². The number of nitro benzene ring substituents is 1. The van der Waals surface area contributed by atoms with E-state index in [2.05, 4.69) is 47.3 Å². The predicted octanol–water partition coefficient (Wildman–Crippen LogP) is 7.95. The minimum atomic E-state index is -4.80. The van der Waals surface area contributed by atoms with Gasteiger partial charge in [-0.05, 0) is 57.7 Å². The van der Waals surface area contributed by atoms with Gasteiger partial charge in [-0.1, -0.05) is 22.0 Å². The van der Waals surface area contributed by atoms with Crippen LogP contribution in [0.15, 0.2) is 75.0 Å². The van der Waals surface area contributed by atoms with Gasteiger partial charge in [0.25, 0.3) is 11.6 Å². The summed E-state index contributed by atoms with van der Waals surface area (Å²) in [6, 6.07) is 14.4. The highest BCUT2D eigenvalue weighted by Gasteiger charge is 2.36. The van der Waals surface area contributed by atoms with E-state index in [4.69, 9.17) is 4.74 Å². The van der Waals surface area contributed by atoms with Gasteiger partial charge in [0, 0.05) is 16.6 Å². The summed E-state index contributed by atoms with van der Waals surface area (Å²) < 4.78 is 48.7. The molecule has 0 spiro atoms. The number of anilines is 1. The summed E-state index contributed by atoms with van der Waals surface area (Å²) in [6.45, 7) is 0. The molecule has 0 saturated carbocycles. The van der Waals surface area contributed by atoms with Crippen molar-refractivity contribution in [2.45, 2.75) is 6.18 Å². The number of benzene rings is 2. The van der Waals surface area contributed by atoms with E-state index in [9.17, 15) is 28.1 Å². The van der Waals surface area contributed by atoms with E-state index in [1.807, 2.05) is 0 Å². The number of thiophene rings is 1. The lowest BCUT2D eigenvalue weighted by Gasteiger charge is -2.10. The topological polar surface area (TPSA) is 112 Å². The molecule has 9 nitrogen and oxygen atoms in total. The number of non-ortho nitro benzene ring substituents is 1. The summed E-state index contributed by atoms with van der Waals surface area (Å²) in [6.07, 6.45) is -4.80. The fourth-order valence-electron chi connectivity index (χ4n) is 3.54. The molecule has 0 unspecified atom stereocenters. The van der Waals surface area contributed by atoms with Crippen molar-refractivity contribution >= 4 is 66.1 Å². The van der Waals surface area contributed by atoms with Crippen molar-refractivity contribution in [3.63, 3.8) is 0 Å². The Morgan fingerprint density at radius 1 is 1.08 bits per heavy atom. The number of ether oxygens (including phenoxy) is 1. The van der Waals surface area contributed by atoms with Crippen molar-refractivity contribution in [1.29, 1.82) is 0 Å². The third kappa shape index (κ3) is 5.65. The number of halogens is 5. The molecular formula is C24H12Br2F3N5O4S. The van der Waals surface area contributed by atoms with Crippen LogP contribution in [0.1, 0.15) is 16.2 Å². The maximum absolute atomic E-state index is 13.9. The van der Waals surface area contributed by atoms with Gasteiger partial charge in [-0.2, -0.15) is 18.3 Å². The number of nitro groups is 1. The summed E-state index contributed by atoms with van der Waals surface area (Å²) in [5.41, 5.74) is -2.11. The van der Waals surface area contributed by atoms with Crippen molar-refractivity contribution in [1.82, 2.24) is 14.6 Å². The van der Waals surface area contributed by atoms with Gasteiger partial charge in [-0.3, -0.25) is 14.9 Å². The van der Waals surface area contributed by atoms with Gasteiger partial charge in [-0.25, -0.2) is 9.50 Å². The first-order valence-corrected chi connectivity index (χ1v) is 13.2. The predicted molar refractivity (Wildman–Crippen MR) is 144 cm³/mol. The third-order valence-electron chi connectivity index (χ3n) is 5.22. The van der Waals surface area contributed by atoms with Crippen molar-refractivity contribution in [2.75, 3.05) is 5.32 Å². The lowest BCUT2D eigenvalue weighted by molar-refractivity contribution is -0.384. The van der Waals surface area contributed by atoms with Crippen LogP contribution in [0.2, 0.25) is 0 Å². The SMILES string of the molecule is O=C(Nc1cc(Oc2ccc(Br)cc2)cc([N+](=O)[O-])c1)c1nn2c(C(F)(F)F)cc(-c3cccs3)nc2c1Br. The number of carbonyl (C=O) groups excluding carboxylic acids is 1. The molecule has 0 aliphatic heterocycles. The molecular weight excluding hydrogens is 671 g/mol. The van der Waals surface area contributed by atoms with Crippen LogP contribution in [0.25, 0.3) is 16.2 Å². The molecule has 0 bridgehead atoms. The van der Waals surface area contributed by atoms with E-state index in [-0.39, 0.29) is 32.9 Å². The monoisotopic (exact) mass is 681 g/mol. The van der Waals surface area contributed by atoms with Crippen molar-refractivity contribution in [3.8, 4) is 22.1 Å². The van der Waals surface area contributed by atoms with E-state index in [0.717, 1.165) is 16.6 Å². The average molecular weight is 683 g/mol. The third-order valence-corrected chi connectivity index (χ3v) is 7.37. The summed E-state index contributed by atoms with van der Waals surface area (Å²) in [5, 5.41) is 19.5. The fourth-order valence-corrected chi connectivity index (χ4v) is 5.00. The van der Waals surface area contributed by atoms with E-state index in [1.165, 1.54) is 23.5 Å². The number of amides is 1. The first kappa shape index (κ1) is 26.8. The second-order valence-electron chi connectivity index (χ2n) is 7.88. The van der Waals surface area contributed by atoms with Crippen molar-refractivity contribution in [2.24, 2.45) is 0 Å². The largest absolute Gasteiger partial charge is 0.457 e. The Kier molecular flexibility index (Phi) is 7.13. The van der Waals surface area contributed by atoms with Crippen LogP contribution in [-0.2, 0) is 6.18 Å². The first-order chi connectivity index (χ1) is 18.5. The maximum atomic E-state index is 13.9. The second kappa shape index (κ2) is 10.4. The van der Waals surface area contributed by atoms with Crippen LogP contribution in [0.3, 0.4) is 0 Å². The van der Waals surface area contributed by atoms with Crippen LogP contribution in [0.5, 0.6) is 11.5 Å². The highest BCUT2D eigenvalue weighted by Crippen LogP contribution is 2.36. The number of nitrogens with one attached hydrogen (secondary N) is 1. The van der Waals surface area contributed by atoms with Gasteiger partial charge in [-0.15, -0.1) is 11.3 Å². The second-order valence-corrected chi connectivity index (χ2v) is 10.5. The molecule has 0 aliphatic rings. The summed E-state index contributed by atoms with van der Waals surface area (Å²) in [5.74, 6) is -0.489. The number of hydrogen-bond acceptors (Lipinski definition) is 7. The lowest BCUT2D eigenvalue weighted by atomic mass is 10.2. The summed E-state index contributed by atoms with van der Waals surface area (Å²) in [4.78, 5) is 28.7. The fraction of sp³-hybridized carbons (Fsp3) is 0.0417. The molecule has 0 atom stereocenters. The van der Waals surface area contributed by atoms with Crippen LogP contribution in [-0.4, -0.2) is 25.4 Å². The number of hydrogen-bond donors (Lipinski definition) is 1. The molecule has 2 aromatic carbocycles. The zero-order chi connectivity index (χ0) is 27.9. The number of rotatable bonds is 6. The van der Waals surface area contributed by atoms with Gasteiger partial charge in [0.05, 0.1) is 31.7 Å². The molecule has 0 saturated heterocycles. The average Bonchev–Trinajstić information content (AvgIpc) is 3.53. The van der Waals surface area contributed by atoms with Crippen molar-refractivity contribution < 1.29 is 27.6 Å². The molecule has 5 aromatic rings. The zero-order valence-electron chi connectivity index (χ0n) is 19.1. The summed E-state index contributed by atoms with van der Waals surface area (Å²) >= 11 is 7.67. The quantitative estimate of drug-likeness (QED) is 0.144. The van der Waals surface area contributed by atoms with E-state index >= 15 is 0 Å². The number of fused-ring (bicyclic) bond motifs is 1. The molecule has 3 heterocycles. The normalized spacial score (nSPS) is 11.5. The molecule has 0 radical (unpaired) electrons. The van der Waals surface area contributed by atoms with E-state index < -0.39 is 28.4 Å². The van der Waals surface area contributed by atoms with Crippen LogP contribution >= 0.6 is 43.2 Å². The molecule has 1 N–H and O–H groups in total. The number of nitrogens with zero attached hydrogens (tertiary/aromatic N) is 4. The van der Waals surface area contributed by atoms with Crippen LogP contribution in [0, 0.1) is 10.1 Å². The highest BCUT2D eigenvalue weighted by molar-refractivity contribution is 9.11. The van der Waals surface area contributed by atoms with E-state index in [0.29, 0.717) is 15.1 Å². The molecule has 5 rings (SSSR count).